The molecule has 0 bridgehead atoms. The van der Waals surface area contributed by atoms with Crippen molar-refractivity contribution in [1.29, 1.82) is 0 Å². The summed E-state index contributed by atoms with van der Waals surface area (Å²) in [7, 11) is 0. The minimum absolute atomic E-state index is 0.0922. The molecular weight excluding hydrogens is 340 g/mol. The van der Waals surface area contributed by atoms with Gasteiger partial charge in [-0.1, -0.05) is 17.7 Å². The van der Waals surface area contributed by atoms with Gasteiger partial charge in [-0.25, -0.2) is 0 Å². The van der Waals surface area contributed by atoms with Crippen molar-refractivity contribution in [3.63, 3.8) is 0 Å². The van der Waals surface area contributed by atoms with Gasteiger partial charge in [0.2, 0.25) is 5.91 Å². The van der Waals surface area contributed by atoms with Crippen LogP contribution in [-0.2, 0) is 9.53 Å². The monoisotopic (exact) mass is 368 g/mol. The van der Waals surface area contributed by atoms with Crippen LogP contribution in [0, 0.1) is 6.92 Å². The zero-order valence-corrected chi connectivity index (χ0v) is 16.1. The molecule has 0 saturated carbocycles. The van der Waals surface area contributed by atoms with Gasteiger partial charge in [0.15, 0.2) is 5.96 Å². The van der Waals surface area contributed by atoms with E-state index in [0.717, 1.165) is 25.1 Å². The molecule has 0 aromatic heterocycles. The summed E-state index contributed by atoms with van der Waals surface area (Å²) in [5.41, 5.74) is 1.69. The van der Waals surface area contributed by atoms with Gasteiger partial charge < -0.3 is 20.7 Å². The molecule has 1 aromatic rings. The Bertz CT molecular complexity index is 564. The lowest BCUT2D eigenvalue weighted by Gasteiger charge is -2.12. The van der Waals surface area contributed by atoms with Crippen LogP contribution in [0.2, 0.25) is 5.02 Å². The third-order valence-corrected chi connectivity index (χ3v) is 3.62. The molecule has 6 nitrogen and oxygen atoms in total. The van der Waals surface area contributed by atoms with Crippen molar-refractivity contribution in [1.82, 2.24) is 10.6 Å². The summed E-state index contributed by atoms with van der Waals surface area (Å²) >= 11 is 6.12. The number of ether oxygens (including phenoxy) is 1. The van der Waals surface area contributed by atoms with Gasteiger partial charge in [-0.3, -0.25) is 9.79 Å². The summed E-state index contributed by atoms with van der Waals surface area (Å²) in [4.78, 5) is 16.5. The van der Waals surface area contributed by atoms with Crippen molar-refractivity contribution >= 4 is 29.2 Å². The van der Waals surface area contributed by atoms with Gasteiger partial charge in [0.25, 0.3) is 0 Å². The molecule has 0 atom stereocenters. The lowest BCUT2D eigenvalue weighted by Crippen LogP contribution is -2.38. The largest absolute Gasteiger partial charge is 0.382 e. The predicted octanol–water partition coefficient (Wildman–Crippen LogP) is 2.96. The highest BCUT2D eigenvalue weighted by molar-refractivity contribution is 6.33. The van der Waals surface area contributed by atoms with E-state index in [0.29, 0.717) is 42.8 Å². The van der Waals surface area contributed by atoms with Gasteiger partial charge in [0, 0.05) is 39.3 Å². The van der Waals surface area contributed by atoms with Crippen LogP contribution in [0.25, 0.3) is 0 Å². The normalized spacial score (nSPS) is 11.3. The van der Waals surface area contributed by atoms with Crippen LogP contribution in [0.15, 0.2) is 23.2 Å². The molecule has 0 aliphatic carbocycles. The van der Waals surface area contributed by atoms with Crippen molar-refractivity contribution in [3.8, 4) is 0 Å². The van der Waals surface area contributed by atoms with Gasteiger partial charge in [-0.05, 0) is 44.9 Å². The number of hydrogen-bond donors (Lipinski definition) is 3. The quantitative estimate of drug-likeness (QED) is 0.337. The molecule has 1 amide bonds. The second-order valence-electron chi connectivity index (χ2n) is 5.52. The second-order valence-corrected chi connectivity index (χ2v) is 5.93. The number of carbonyl (C=O) groups excluding carboxylic acids is 1. The number of benzene rings is 1. The number of carbonyl (C=O) groups is 1. The number of nitrogens with zero attached hydrogens (tertiary/aromatic N) is 1. The van der Waals surface area contributed by atoms with E-state index in [1.165, 1.54) is 0 Å². The third kappa shape index (κ3) is 9.31. The maximum absolute atomic E-state index is 12.0. The summed E-state index contributed by atoms with van der Waals surface area (Å²) in [6.07, 6.45) is 1.20. The van der Waals surface area contributed by atoms with E-state index in [1.807, 2.05) is 39.0 Å². The van der Waals surface area contributed by atoms with E-state index >= 15 is 0 Å². The average molecular weight is 369 g/mol. The van der Waals surface area contributed by atoms with E-state index in [4.69, 9.17) is 16.3 Å². The van der Waals surface area contributed by atoms with Gasteiger partial charge in [0.05, 0.1) is 10.7 Å². The molecule has 25 heavy (non-hydrogen) atoms. The smallest absolute Gasteiger partial charge is 0.226 e. The highest BCUT2D eigenvalue weighted by Gasteiger charge is 2.06. The number of aliphatic imine (C=N–C) groups is 1. The van der Waals surface area contributed by atoms with Crippen LogP contribution < -0.4 is 16.0 Å². The molecule has 7 heteroatoms. The zero-order valence-electron chi connectivity index (χ0n) is 15.3. The molecular formula is C18H29ClN4O2. The SMILES string of the molecule is CCNC(=NCCCOCC)NCCC(=O)Nc1ccc(C)cc1Cl. The summed E-state index contributed by atoms with van der Waals surface area (Å²) in [5, 5.41) is 9.68. The molecule has 140 valence electrons. The number of guanidine groups is 1. The Morgan fingerprint density at radius 3 is 2.76 bits per heavy atom. The molecule has 0 heterocycles. The molecule has 0 saturated heterocycles. The number of anilines is 1. The van der Waals surface area contributed by atoms with Crippen molar-refractivity contribution < 1.29 is 9.53 Å². The Hall–Kier alpha value is -1.79. The van der Waals surface area contributed by atoms with Crippen LogP contribution >= 0.6 is 11.6 Å². The summed E-state index contributed by atoms with van der Waals surface area (Å²) in [6.45, 7) is 9.31. The van der Waals surface area contributed by atoms with E-state index in [-0.39, 0.29) is 5.91 Å². The Balaban J connectivity index is 2.36. The average Bonchev–Trinajstić information content (AvgIpc) is 2.57. The molecule has 0 aliphatic heterocycles. The van der Waals surface area contributed by atoms with Crippen molar-refractivity contribution in [3.05, 3.63) is 28.8 Å². The van der Waals surface area contributed by atoms with Crippen LogP contribution in [0.4, 0.5) is 5.69 Å². The first-order chi connectivity index (χ1) is 12.1. The Kier molecular flexibility index (Phi) is 10.7. The summed E-state index contributed by atoms with van der Waals surface area (Å²) in [6, 6.07) is 5.55. The number of hydrogen-bond acceptors (Lipinski definition) is 3. The fraction of sp³-hybridized carbons (Fsp3) is 0.556. The van der Waals surface area contributed by atoms with E-state index < -0.39 is 0 Å². The molecule has 0 fully saturated rings. The summed E-state index contributed by atoms with van der Waals surface area (Å²) in [5.74, 6) is 0.616. The van der Waals surface area contributed by atoms with Gasteiger partial charge in [-0.15, -0.1) is 0 Å². The van der Waals surface area contributed by atoms with Crippen LogP contribution in [0.1, 0.15) is 32.3 Å². The van der Waals surface area contributed by atoms with Crippen LogP contribution in [0.3, 0.4) is 0 Å². The minimum Gasteiger partial charge on any atom is -0.382 e. The lowest BCUT2D eigenvalue weighted by molar-refractivity contribution is -0.116. The third-order valence-electron chi connectivity index (χ3n) is 3.31. The van der Waals surface area contributed by atoms with Gasteiger partial charge in [-0.2, -0.15) is 0 Å². The lowest BCUT2D eigenvalue weighted by atomic mass is 10.2. The second kappa shape index (κ2) is 12.6. The standard InChI is InChI=1S/C18H29ClN4O2/c1-4-20-18(21-10-6-12-25-5-2)22-11-9-17(24)23-16-8-7-14(3)13-15(16)19/h7-8,13H,4-6,9-12H2,1-3H3,(H,23,24)(H2,20,21,22). The number of aryl methyl sites for hydroxylation is 1. The van der Waals surface area contributed by atoms with E-state index in [9.17, 15) is 4.79 Å². The van der Waals surface area contributed by atoms with Crippen molar-refractivity contribution in [2.24, 2.45) is 4.99 Å². The molecule has 0 unspecified atom stereocenters. The number of amides is 1. The Labute approximate surface area is 155 Å². The Morgan fingerprint density at radius 2 is 2.08 bits per heavy atom. The van der Waals surface area contributed by atoms with Crippen molar-refractivity contribution in [2.75, 3.05) is 38.2 Å². The molecule has 1 aromatic carbocycles. The summed E-state index contributed by atoms with van der Waals surface area (Å²) < 4.78 is 5.29. The molecule has 0 spiro atoms. The number of rotatable bonds is 10. The maximum Gasteiger partial charge on any atom is 0.226 e. The number of halogens is 1. The zero-order chi connectivity index (χ0) is 18.5. The van der Waals surface area contributed by atoms with Crippen LogP contribution in [0.5, 0.6) is 0 Å². The fourth-order valence-electron chi connectivity index (χ4n) is 2.07. The van der Waals surface area contributed by atoms with E-state index in [2.05, 4.69) is 20.9 Å². The van der Waals surface area contributed by atoms with Gasteiger partial charge >= 0.3 is 0 Å². The maximum atomic E-state index is 12.0. The minimum atomic E-state index is -0.0922. The number of nitrogens with one attached hydrogen (secondary N) is 3. The predicted molar refractivity (Wildman–Crippen MR) is 105 cm³/mol. The molecule has 3 N–H and O–H groups in total. The Morgan fingerprint density at radius 1 is 1.28 bits per heavy atom. The van der Waals surface area contributed by atoms with E-state index in [1.54, 1.807) is 0 Å². The highest BCUT2D eigenvalue weighted by Crippen LogP contribution is 2.22. The molecule has 1 rings (SSSR count). The first kappa shape index (κ1) is 21.3. The first-order valence-corrected chi connectivity index (χ1v) is 9.10. The van der Waals surface area contributed by atoms with Crippen molar-refractivity contribution in [2.45, 2.75) is 33.6 Å². The van der Waals surface area contributed by atoms with Crippen LogP contribution in [-0.4, -0.2) is 44.7 Å². The first-order valence-electron chi connectivity index (χ1n) is 8.72. The molecule has 0 aliphatic rings. The fourth-order valence-corrected chi connectivity index (χ4v) is 2.35. The molecule has 0 radical (unpaired) electrons. The van der Waals surface area contributed by atoms with Gasteiger partial charge in [0.1, 0.15) is 0 Å². The highest BCUT2D eigenvalue weighted by atomic mass is 35.5. The topological polar surface area (TPSA) is 74.8 Å².